The molecule has 1 saturated carbocycles. The van der Waals surface area contributed by atoms with Crippen LogP contribution in [0, 0.1) is 6.92 Å². The zero-order valence-corrected chi connectivity index (χ0v) is 16.6. The van der Waals surface area contributed by atoms with Crippen LogP contribution in [0.4, 0.5) is 0 Å². The first-order valence-electron chi connectivity index (χ1n) is 10.4. The second kappa shape index (κ2) is 8.74. The summed E-state index contributed by atoms with van der Waals surface area (Å²) in [5.74, 6) is 0.716. The molecule has 0 unspecified atom stereocenters. The van der Waals surface area contributed by atoms with Crippen molar-refractivity contribution in [1.29, 1.82) is 0 Å². The maximum Gasteiger partial charge on any atom is 0.255 e. The summed E-state index contributed by atoms with van der Waals surface area (Å²) in [5, 5.41) is 3.14. The number of amides is 1. The lowest BCUT2D eigenvalue weighted by atomic mass is 9.93. The summed E-state index contributed by atoms with van der Waals surface area (Å²) in [6, 6.07) is 10.4. The van der Waals surface area contributed by atoms with Crippen LogP contribution in [0.5, 0.6) is 5.75 Å². The number of aromatic nitrogens is 1. The van der Waals surface area contributed by atoms with E-state index in [4.69, 9.17) is 4.74 Å². The van der Waals surface area contributed by atoms with E-state index < -0.39 is 0 Å². The smallest absolute Gasteiger partial charge is 0.255 e. The Labute approximate surface area is 167 Å². The summed E-state index contributed by atoms with van der Waals surface area (Å²) in [6.07, 6.45) is 9.18. The summed E-state index contributed by atoms with van der Waals surface area (Å²) in [7, 11) is 0. The third-order valence-corrected chi connectivity index (χ3v) is 5.80. The van der Waals surface area contributed by atoms with Gasteiger partial charge < -0.3 is 10.1 Å². The third-order valence-electron chi connectivity index (χ3n) is 5.80. The van der Waals surface area contributed by atoms with Crippen LogP contribution in [0.1, 0.15) is 53.6 Å². The number of hydrogen-bond acceptors (Lipinski definition) is 4. The monoisotopic (exact) mass is 379 g/mol. The van der Waals surface area contributed by atoms with Gasteiger partial charge in [-0.2, -0.15) is 0 Å². The normalized spacial score (nSPS) is 18.5. The molecule has 5 nitrogen and oxygen atoms in total. The first-order chi connectivity index (χ1) is 13.7. The predicted octanol–water partition coefficient (Wildman–Crippen LogP) is 3.72. The van der Waals surface area contributed by atoms with Gasteiger partial charge in [-0.25, -0.2) is 0 Å². The molecule has 1 aliphatic carbocycles. The first-order valence-corrected chi connectivity index (χ1v) is 10.4. The van der Waals surface area contributed by atoms with Gasteiger partial charge in [-0.1, -0.05) is 11.6 Å². The van der Waals surface area contributed by atoms with Crippen molar-refractivity contribution in [1.82, 2.24) is 15.2 Å². The van der Waals surface area contributed by atoms with Crippen LogP contribution in [-0.2, 0) is 6.54 Å². The van der Waals surface area contributed by atoms with E-state index in [0.29, 0.717) is 11.6 Å². The Morgan fingerprint density at radius 3 is 2.57 bits per heavy atom. The highest BCUT2D eigenvalue weighted by Gasteiger charge is 2.25. The summed E-state index contributed by atoms with van der Waals surface area (Å²) in [6.45, 7) is 4.97. The van der Waals surface area contributed by atoms with Crippen LogP contribution < -0.4 is 10.1 Å². The number of ether oxygens (including phenoxy) is 1. The van der Waals surface area contributed by atoms with Crippen LogP contribution in [0.3, 0.4) is 0 Å². The zero-order chi connectivity index (χ0) is 19.3. The summed E-state index contributed by atoms with van der Waals surface area (Å²) < 4.78 is 6.30. The van der Waals surface area contributed by atoms with Gasteiger partial charge in [0.25, 0.3) is 5.91 Å². The second-order valence-corrected chi connectivity index (χ2v) is 8.05. The Morgan fingerprint density at radius 1 is 1.14 bits per heavy atom. The van der Waals surface area contributed by atoms with Crippen molar-refractivity contribution in [3.8, 4) is 5.75 Å². The molecule has 2 heterocycles. The SMILES string of the molecule is Cc1ccc(OC2CCN(Cc3ccncc3)CC2)c(C(=O)NC2CCC2)c1. The van der Waals surface area contributed by atoms with E-state index >= 15 is 0 Å². The van der Waals surface area contributed by atoms with Crippen molar-refractivity contribution in [2.24, 2.45) is 0 Å². The molecular weight excluding hydrogens is 350 g/mol. The maximum absolute atomic E-state index is 12.7. The lowest BCUT2D eigenvalue weighted by Gasteiger charge is -2.32. The van der Waals surface area contributed by atoms with Gasteiger partial charge in [0.1, 0.15) is 11.9 Å². The molecule has 0 spiro atoms. The summed E-state index contributed by atoms with van der Waals surface area (Å²) in [4.78, 5) is 19.2. The van der Waals surface area contributed by atoms with Crippen LogP contribution in [0.25, 0.3) is 0 Å². The van der Waals surface area contributed by atoms with Gasteiger partial charge in [0.15, 0.2) is 0 Å². The number of piperidine rings is 1. The molecule has 1 N–H and O–H groups in total. The van der Waals surface area contributed by atoms with Crippen molar-refractivity contribution in [3.63, 3.8) is 0 Å². The van der Waals surface area contributed by atoms with Gasteiger partial charge in [-0.05, 0) is 68.9 Å². The van der Waals surface area contributed by atoms with Crippen molar-refractivity contribution in [3.05, 3.63) is 59.4 Å². The highest BCUT2D eigenvalue weighted by Crippen LogP contribution is 2.26. The van der Waals surface area contributed by atoms with E-state index in [9.17, 15) is 4.79 Å². The molecule has 1 amide bonds. The number of nitrogens with zero attached hydrogens (tertiary/aromatic N) is 2. The van der Waals surface area contributed by atoms with Gasteiger partial charge in [-0.3, -0.25) is 14.7 Å². The number of hydrogen-bond donors (Lipinski definition) is 1. The maximum atomic E-state index is 12.7. The Morgan fingerprint density at radius 2 is 1.89 bits per heavy atom. The quantitative estimate of drug-likeness (QED) is 0.831. The van der Waals surface area contributed by atoms with Crippen LogP contribution in [0.2, 0.25) is 0 Å². The van der Waals surface area contributed by atoms with Crippen LogP contribution >= 0.6 is 0 Å². The minimum absolute atomic E-state index is 0.00137. The second-order valence-electron chi connectivity index (χ2n) is 8.05. The average molecular weight is 380 g/mol. The third kappa shape index (κ3) is 4.71. The van der Waals surface area contributed by atoms with Crippen molar-refractivity contribution in [2.45, 2.75) is 57.7 Å². The summed E-state index contributed by atoms with van der Waals surface area (Å²) in [5.41, 5.74) is 3.05. The Balaban J connectivity index is 1.35. The number of pyridine rings is 1. The predicted molar refractivity (Wildman–Crippen MR) is 109 cm³/mol. The molecule has 0 radical (unpaired) electrons. The number of benzene rings is 1. The largest absolute Gasteiger partial charge is 0.489 e. The molecule has 1 aromatic heterocycles. The molecule has 5 heteroatoms. The van der Waals surface area contributed by atoms with Crippen LogP contribution in [0.15, 0.2) is 42.7 Å². The molecule has 1 aliphatic heterocycles. The molecule has 2 aromatic rings. The minimum Gasteiger partial charge on any atom is -0.489 e. The molecule has 28 heavy (non-hydrogen) atoms. The fourth-order valence-electron chi connectivity index (χ4n) is 3.85. The average Bonchev–Trinajstić information content (AvgIpc) is 2.68. The van der Waals surface area contributed by atoms with Crippen molar-refractivity contribution < 1.29 is 9.53 Å². The lowest BCUT2D eigenvalue weighted by Crippen LogP contribution is -2.40. The molecule has 0 atom stereocenters. The molecule has 4 rings (SSSR count). The van der Waals surface area contributed by atoms with Crippen molar-refractivity contribution >= 4 is 5.91 Å². The first kappa shape index (κ1) is 18.9. The number of likely N-dealkylation sites (tertiary alicyclic amines) is 1. The Hall–Kier alpha value is -2.40. The number of carbonyl (C=O) groups is 1. The van der Waals surface area contributed by atoms with E-state index in [-0.39, 0.29) is 12.0 Å². The van der Waals surface area contributed by atoms with E-state index in [0.717, 1.165) is 56.6 Å². The van der Waals surface area contributed by atoms with Crippen molar-refractivity contribution in [2.75, 3.05) is 13.1 Å². The standard InChI is InChI=1S/C23H29N3O2/c1-17-5-6-22(21(15-17)23(27)25-19-3-2-4-19)28-20-9-13-26(14-10-20)16-18-7-11-24-12-8-18/h5-8,11-12,15,19-20H,2-4,9-10,13-14,16H2,1H3,(H,25,27). The van der Waals surface area contributed by atoms with Gasteiger partial charge in [0.05, 0.1) is 5.56 Å². The topological polar surface area (TPSA) is 54.5 Å². The zero-order valence-electron chi connectivity index (χ0n) is 16.6. The number of nitrogens with one attached hydrogen (secondary N) is 1. The molecule has 1 saturated heterocycles. The van der Waals surface area contributed by atoms with E-state index in [2.05, 4.69) is 27.3 Å². The van der Waals surface area contributed by atoms with Gasteiger partial charge in [0, 0.05) is 38.1 Å². The molecule has 148 valence electrons. The fraction of sp³-hybridized carbons (Fsp3) is 0.478. The van der Waals surface area contributed by atoms with E-state index in [1.807, 2.05) is 37.5 Å². The number of carbonyl (C=O) groups excluding carboxylic acids is 1. The molecular formula is C23H29N3O2. The van der Waals surface area contributed by atoms with E-state index in [1.165, 1.54) is 12.0 Å². The number of rotatable bonds is 6. The van der Waals surface area contributed by atoms with Gasteiger partial charge in [-0.15, -0.1) is 0 Å². The van der Waals surface area contributed by atoms with Crippen LogP contribution in [-0.4, -0.2) is 41.0 Å². The highest BCUT2D eigenvalue weighted by molar-refractivity contribution is 5.97. The molecule has 1 aromatic carbocycles. The molecule has 0 bridgehead atoms. The van der Waals surface area contributed by atoms with Gasteiger partial charge in [0.2, 0.25) is 0 Å². The minimum atomic E-state index is -0.00137. The summed E-state index contributed by atoms with van der Waals surface area (Å²) >= 11 is 0. The molecule has 2 fully saturated rings. The lowest BCUT2D eigenvalue weighted by molar-refractivity contribution is 0.0868. The van der Waals surface area contributed by atoms with Gasteiger partial charge >= 0.3 is 0 Å². The van der Waals surface area contributed by atoms with E-state index in [1.54, 1.807) is 0 Å². The number of aryl methyl sites for hydroxylation is 1. The fourth-order valence-corrected chi connectivity index (χ4v) is 3.85. The molecule has 2 aliphatic rings. The Kier molecular flexibility index (Phi) is 5.91. The Bertz CT molecular complexity index is 797. The highest BCUT2D eigenvalue weighted by atomic mass is 16.5.